The molecule has 0 unspecified atom stereocenters. The van der Waals surface area contributed by atoms with Crippen molar-refractivity contribution in [3.05, 3.63) is 29.8 Å². The minimum atomic E-state index is -0.208. The molecule has 1 atom stereocenters. The number of carbonyl (C=O) groups is 2. The lowest BCUT2D eigenvalue weighted by Gasteiger charge is -2.26. The zero-order chi connectivity index (χ0) is 16.2. The lowest BCUT2D eigenvalue weighted by Crippen LogP contribution is -2.37. The van der Waals surface area contributed by atoms with Crippen LogP contribution in [0.5, 0.6) is 5.75 Å². The minimum absolute atomic E-state index is 0.0301. The molecule has 2 aliphatic rings. The zero-order valence-corrected chi connectivity index (χ0v) is 13.6. The topological polar surface area (TPSA) is 58.6 Å². The molecule has 0 radical (unpaired) electrons. The number of hydrogen-bond donors (Lipinski definition) is 1. The van der Waals surface area contributed by atoms with E-state index in [4.69, 9.17) is 4.74 Å². The molecule has 0 aromatic heterocycles. The van der Waals surface area contributed by atoms with E-state index in [-0.39, 0.29) is 17.7 Å². The maximum Gasteiger partial charge on any atom is 0.225 e. The van der Waals surface area contributed by atoms with Crippen LogP contribution in [-0.2, 0) is 16.1 Å². The van der Waals surface area contributed by atoms with Gasteiger partial charge in [0.1, 0.15) is 5.75 Å². The third-order valence-corrected chi connectivity index (χ3v) is 4.91. The Morgan fingerprint density at radius 1 is 1.30 bits per heavy atom. The monoisotopic (exact) mass is 316 g/mol. The van der Waals surface area contributed by atoms with Gasteiger partial charge in [0, 0.05) is 26.1 Å². The smallest absolute Gasteiger partial charge is 0.225 e. The lowest BCUT2D eigenvalue weighted by molar-refractivity contribution is -0.129. The van der Waals surface area contributed by atoms with Crippen LogP contribution in [0.4, 0.5) is 0 Å². The summed E-state index contributed by atoms with van der Waals surface area (Å²) in [6.45, 7) is 1.83. The van der Waals surface area contributed by atoms with Crippen LogP contribution in [0.1, 0.15) is 31.2 Å². The second-order valence-electron chi connectivity index (χ2n) is 6.57. The van der Waals surface area contributed by atoms with Gasteiger partial charge in [0.05, 0.1) is 13.0 Å². The maximum absolute atomic E-state index is 12.2. The Bertz CT molecular complexity index is 566. The number of likely N-dealkylation sites (tertiary alicyclic amines) is 1. The highest BCUT2D eigenvalue weighted by atomic mass is 16.5. The SMILES string of the molecule is COc1ccc(CN2C[C@@H](C(=O)NCC3CCC3)CC2=O)cc1. The number of nitrogens with zero attached hydrogens (tertiary/aromatic N) is 1. The number of carbonyl (C=O) groups excluding carboxylic acids is 2. The summed E-state index contributed by atoms with van der Waals surface area (Å²) in [5.74, 6) is 1.33. The lowest BCUT2D eigenvalue weighted by atomic mass is 9.85. The molecule has 5 nitrogen and oxygen atoms in total. The van der Waals surface area contributed by atoms with Crippen molar-refractivity contribution in [3.8, 4) is 5.75 Å². The molecule has 1 saturated carbocycles. The molecule has 1 heterocycles. The number of amides is 2. The molecule has 1 aliphatic carbocycles. The quantitative estimate of drug-likeness (QED) is 0.873. The Kier molecular flexibility index (Phi) is 4.84. The second kappa shape index (κ2) is 7.02. The fraction of sp³-hybridized carbons (Fsp3) is 0.556. The van der Waals surface area contributed by atoms with E-state index in [2.05, 4.69) is 5.32 Å². The summed E-state index contributed by atoms with van der Waals surface area (Å²) >= 11 is 0. The maximum atomic E-state index is 12.2. The number of hydrogen-bond acceptors (Lipinski definition) is 3. The summed E-state index contributed by atoms with van der Waals surface area (Å²) in [5.41, 5.74) is 1.05. The highest BCUT2D eigenvalue weighted by molar-refractivity contribution is 5.89. The number of benzene rings is 1. The minimum Gasteiger partial charge on any atom is -0.497 e. The third kappa shape index (κ3) is 3.84. The number of ether oxygens (including phenoxy) is 1. The first kappa shape index (κ1) is 15.8. The first-order valence-electron chi connectivity index (χ1n) is 8.34. The summed E-state index contributed by atoms with van der Waals surface area (Å²) in [7, 11) is 1.63. The molecule has 2 fully saturated rings. The summed E-state index contributed by atoms with van der Waals surface area (Å²) in [5, 5.41) is 3.01. The van der Waals surface area contributed by atoms with Crippen molar-refractivity contribution in [1.82, 2.24) is 10.2 Å². The molecule has 1 aromatic rings. The van der Waals surface area contributed by atoms with Gasteiger partial charge in [-0.25, -0.2) is 0 Å². The van der Waals surface area contributed by atoms with Gasteiger partial charge < -0.3 is 15.0 Å². The van der Waals surface area contributed by atoms with Gasteiger partial charge in [-0.1, -0.05) is 18.6 Å². The highest BCUT2D eigenvalue weighted by Crippen LogP contribution is 2.26. The fourth-order valence-corrected chi connectivity index (χ4v) is 3.14. The molecule has 1 aromatic carbocycles. The van der Waals surface area contributed by atoms with Crippen LogP contribution < -0.4 is 10.1 Å². The first-order valence-corrected chi connectivity index (χ1v) is 8.34. The van der Waals surface area contributed by atoms with E-state index >= 15 is 0 Å². The summed E-state index contributed by atoms with van der Waals surface area (Å²) in [6.07, 6.45) is 4.03. The molecule has 124 valence electrons. The molecule has 1 saturated heterocycles. The van der Waals surface area contributed by atoms with Gasteiger partial charge in [0.2, 0.25) is 11.8 Å². The van der Waals surface area contributed by atoms with E-state index in [1.807, 2.05) is 24.3 Å². The van der Waals surface area contributed by atoms with Gasteiger partial charge in [-0.15, -0.1) is 0 Å². The first-order chi connectivity index (χ1) is 11.2. The highest BCUT2D eigenvalue weighted by Gasteiger charge is 2.34. The van der Waals surface area contributed by atoms with Crippen molar-refractivity contribution >= 4 is 11.8 Å². The summed E-state index contributed by atoms with van der Waals surface area (Å²) < 4.78 is 5.14. The van der Waals surface area contributed by atoms with Crippen LogP contribution in [0.15, 0.2) is 24.3 Å². The van der Waals surface area contributed by atoms with Crippen LogP contribution >= 0.6 is 0 Å². The van der Waals surface area contributed by atoms with Crippen LogP contribution in [0, 0.1) is 11.8 Å². The molecular weight excluding hydrogens is 292 g/mol. The predicted molar refractivity (Wildman–Crippen MR) is 86.9 cm³/mol. The van der Waals surface area contributed by atoms with Crippen molar-refractivity contribution in [1.29, 1.82) is 0 Å². The normalized spacial score (nSPS) is 21.2. The van der Waals surface area contributed by atoms with Crippen LogP contribution in [0.25, 0.3) is 0 Å². The number of rotatable bonds is 6. The zero-order valence-electron chi connectivity index (χ0n) is 13.6. The molecule has 0 bridgehead atoms. The Hall–Kier alpha value is -2.04. The van der Waals surface area contributed by atoms with Gasteiger partial charge in [-0.2, -0.15) is 0 Å². The molecule has 5 heteroatoms. The van der Waals surface area contributed by atoms with Gasteiger partial charge in [0.25, 0.3) is 0 Å². The molecule has 3 rings (SSSR count). The molecule has 1 N–H and O–H groups in total. The van der Waals surface area contributed by atoms with Gasteiger partial charge in [-0.3, -0.25) is 9.59 Å². The van der Waals surface area contributed by atoms with E-state index in [0.717, 1.165) is 17.9 Å². The average molecular weight is 316 g/mol. The Morgan fingerprint density at radius 2 is 2.04 bits per heavy atom. The Morgan fingerprint density at radius 3 is 2.65 bits per heavy atom. The van der Waals surface area contributed by atoms with Crippen molar-refractivity contribution in [3.63, 3.8) is 0 Å². The van der Waals surface area contributed by atoms with E-state index in [1.165, 1.54) is 19.3 Å². The Balaban J connectivity index is 1.50. The summed E-state index contributed by atoms with van der Waals surface area (Å²) in [4.78, 5) is 26.1. The largest absolute Gasteiger partial charge is 0.497 e. The standard InChI is InChI=1S/C18H24N2O3/c1-23-16-7-5-14(6-8-16)11-20-12-15(9-17(20)21)18(22)19-10-13-3-2-4-13/h5-8,13,15H,2-4,9-12H2,1H3,(H,19,22)/t15-/m0/s1. The van der Waals surface area contributed by atoms with Gasteiger partial charge in [0.15, 0.2) is 0 Å². The van der Waals surface area contributed by atoms with Crippen LogP contribution in [-0.4, -0.2) is 36.9 Å². The van der Waals surface area contributed by atoms with Crippen molar-refractivity contribution in [2.24, 2.45) is 11.8 Å². The van der Waals surface area contributed by atoms with Crippen LogP contribution in [0.3, 0.4) is 0 Å². The Labute approximate surface area is 137 Å². The van der Waals surface area contributed by atoms with Gasteiger partial charge in [-0.05, 0) is 36.5 Å². The van der Waals surface area contributed by atoms with Crippen molar-refractivity contribution in [2.45, 2.75) is 32.2 Å². The third-order valence-electron chi connectivity index (χ3n) is 4.91. The van der Waals surface area contributed by atoms with Crippen molar-refractivity contribution in [2.75, 3.05) is 20.2 Å². The average Bonchev–Trinajstić information content (AvgIpc) is 2.87. The van der Waals surface area contributed by atoms with Crippen LogP contribution in [0.2, 0.25) is 0 Å². The van der Waals surface area contributed by atoms with E-state index in [9.17, 15) is 9.59 Å². The molecule has 0 spiro atoms. The molecule has 23 heavy (non-hydrogen) atoms. The second-order valence-corrected chi connectivity index (χ2v) is 6.57. The fourth-order valence-electron chi connectivity index (χ4n) is 3.14. The number of methoxy groups -OCH3 is 1. The van der Waals surface area contributed by atoms with E-state index < -0.39 is 0 Å². The van der Waals surface area contributed by atoms with Gasteiger partial charge >= 0.3 is 0 Å². The molecule has 1 aliphatic heterocycles. The summed E-state index contributed by atoms with van der Waals surface area (Å²) in [6, 6.07) is 7.68. The van der Waals surface area contributed by atoms with E-state index in [0.29, 0.717) is 25.4 Å². The molecular formula is C18H24N2O3. The number of nitrogens with one attached hydrogen (secondary N) is 1. The molecule has 2 amide bonds. The van der Waals surface area contributed by atoms with Crippen molar-refractivity contribution < 1.29 is 14.3 Å². The van der Waals surface area contributed by atoms with E-state index in [1.54, 1.807) is 12.0 Å². The predicted octanol–water partition coefficient (Wildman–Crippen LogP) is 1.96.